The van der Waals surface area contributed by atoms with Crippen molar-refractivity contribution in [3.05, 3.63) is 120 Å². The predicted octanol–water partition coefficient (Wildman–Crippen LogP) is 8.53. The first kappa shape index (κ1) is 21.2. The summed E-state index contributed by atoms with van der Waals surface area (Å²) in [6, 6.07) is 23.0. The van der Waals surface area contributed by atoms with E-state index < -0.39 is 8.07 Å². The highest BCUT2D eigenvalue weighted by atomic mass is 28.3. The summed E-state index contributed by atoms with van der Waals surface area (Å²) in [6.45, 7) is 5.51. The molecular formula is C32H36Si. The molecular weight excluding hydrogens is 412 g/mol. The molecule has 0 nitrogen and oxygen atoms in total. The lowest BCUT2D eigenvalue weighted by atomic mass is 9.82. The normalized spacial score (nSPS) is 36.7. The van der Waals surface area contributed by atoms with Crippen LogP contribution in [-0.4, -0.2) is 8.07 Å². The maximum Gasteiger partial charge on any atom is 0.0554 e. The molecule has 0 amide bonds. The monoisotopic (exact) mass is 448 g/mol. The third-order valence-corrected chi connectivity index (χ3v) is 14.6. The lowest BCUT2D eigenvalue weighted by Crippen LogP contribution is -2.43. The van der Waals surface area contributed by atoms with Crippen LogP contribution in [0.15, 0.2) is 109 Å². The topological polar surface area (TPSA) is 0 Å². The van der Waals surface area contributed by atoms with Gasteiger partial charge in [-0.3, -0.25) is 0 Å². The maximum atomic E-state index is 2.76. The Labute approximate surface area is 200 Å². The molecule has 0 bridgehead atoms. The lowest BCUT2D eigenvalue weighted by molar-refractivity contribution is 0.503. The van der Waals surface area contributed by atoms with Crippen LogP contribution in [0.4, 0.5) is 0 Å². The van der Waals surface area contributed by atoms with Gasteiger partial charge in [-0.2, -0.15) is 0 Å². The smallest absolute Gasteiger partial charge is 0.0554 e. The van der Waals surface area contributed by atoms with Crippen LogP contribution in [0.1, 0.15) is 35.8 Å². The minimum atomic E-state index is -1.68. The Bertz CT molecular complexity index is 1090. The van der Waals surface area contributed by atoms with Crippen molar-refractivity contribution in [3.8, 4) is 0 Å². The molecule has 0 N–H and O–H groups in total. The molecule has 0 aromatic heterocycles. The second kappa shape index (κ2) is 8.44. The van der Waals surface area contributed by atoms with Gasteiger partial charge >= 0.3 is 0 Å². The van der Waals surface area contributed by atoms with Crippen LogP contribution in [-0.2, 0) is 0 Å². The maximum absolute atomic E-state index is 2.76. The summed E-state index contributed by atoms with van der Waals surface area (Å²) in [6.07, 6.45) is 22.0. The van der Waals surface area contributed by atoms with E-state index in [1.54, 1.807) is 11.1 Å². The Morgan fingerprint density at radius 3 is 1.82 bits per heavy atom. The molecule has 33 heavy (non-hydrogen) atoms. The Morgan fingerprint density at radius 2 is 1.15 bits per heavy atom. The van der Waals surface area contributed by atoms with E-state index >= 15 is 0 Å². The van der Waals surface area contributed by atoms with Crippen molar-refractivity contribution in [3.63, 3.8) is 0 Å². The van der Waals surface area contributed by atoms with Gasteiger partial charge < -0.3 is 0 Å². The van der Waals surface area contributed by atoms with Crippen LogP contribution < -0.4 is 0 Å². The highest BCUT2D eigenvalue weighted by Crippen LogP contribution is 2.65. The minimum absolute atomic E-state index is 0.651. The predicted molar refractivity (Wildman–Crippen MR) is 143 cm³/mol. The zero-order chi connectivity index (χ0) is 22.4. The Balaban J connectivity index is 1.44. The number of benzene rings is 2. The molecule has 8 unspecified atom stereocenters. The van der Waals surface area contributed by atoms with E-state index in [-0.39, 0.29) is 0 Å². The highest BCUT2D eigenvalue weighted by molar-refractivity contribution is 6.80. The molecule has 2 fully saturated rings. The molecule has 0 spiro atoms. The van der Waals surface area contributed by atoms with Crippen molar-refractivity contribution in [1.29, 1.82) is 0 Å². The zero-order valence-corrected chi connectivity index (χ0v) is 20.9. The standard InChI is InChI=1S/C32H36Si/c1-33(2,30-22-26-18-9-11-19-27(26)31(30)24-15-7-4-8-16-24)32-28-20-12-10-17-25(28)21-29(32)23-13-5-3-6-14-23/h3-20,25-32H,21-22H2,1-2H3. The van der Waals surface area contributed by atoms with Crippen LogP contribution >= 0.6 is 0 Å². The molecule has 0 heterocycles. The number of rotatable bonds is 4. The van der Waals surface area contributed by atoms with E-state index in [2.05, 4.69) is 122 Å². The summed E-state index contributed by atoms with van der Waals surface area (Å²) in [5.41, 5.74) is 4.73. The molecule has 6 rings (SSSR count). The van der Waals surface area contributed by atoms with E-state index in [1.165, 1.54) is 12.8 Å². The molecule has 4 aliphatic carbocycles. The highest BCUT2D eigenvalue weighted by Gasteiger charge is 2.57. The molecule has 2 saturated carbocycles. The number of hydrogen-bond donors (Lipinski definition) is 0. The average molecular weight is 449 g/mol. The summed E-state index contributed by atoms with van der Waals surface area (Å²) >= 11 is 0. The first-order chi connectivity index (χ1) is 16.1. The van der Waals surface area contributed by atoms with Crippen molar-refractivity contribution < 1.29 is 0 Å². The number of hydrogen-bond acceptors (Lipinski definition) is 0. The summed E-state index contributed by atoms with van der Waals surface area (Å²) in [4.78, 5) is 0. The minimum Gasteiger partial charge on any atom is -0.0808 e. The van der Waals surface area contributed by atoms with Crippen molar-refractivity contribution in [2.45, 2.75) is 48.9 Å². The van der Waals surface area contributed by atoms with E-state index in [0.29, 0.717) is 35.5 Å². The van der Waals surface area contributed by atoms with Gasteiger partial charge in [-0.15, -0.1) is 0 Å². The largest absolute Gasteiger partial charge is 0.0808 e. The Morgan fingerprint density at radius 1 is 0.606 bits per heavy atom. The van der Waals surface area contributed by atoms with Crippen molar-refractivity contribution in [2.75, 3.05) is 0 Å². The molecule has 4 aliphatic rings. The van der Waals surface area contributed by atoms with Gasteiger partial charge in [-0.25, -0.2) is 0 Å². The molecule has 0 radical (unpaired) electrons. The van der Waals surface area contributed by atoms with Gasteiger partial charge in [0.15, 0.2) is 0 Å². The zero-order valence-electron chi connectivity index (χ0n) is 19.9. The summed E-state index contributed by atoms with van der Waals surface area (Å²) in [7, 11) is -1.68. The Hall–Kier alpha value is -2.38. The molecule has 8 atom stereocenters. The van der Waals surface area contributed by atoms with Gasteiger partial charge in [-0.1, -0.05) is 122 Å². The number of fused-ring (bicyclic) bond motifs is 2. The third kappa shape index (κ3) is 3.56. The van der Waals surface area contributed by atoms with Gasteiger partial charge in [0.05, 0.1) is 8.07 Å². The second-order valence-corrected chi connectivity index (χ2v) is 16.5. The third-order valence-electron chi connectivity index (χ3n) is 9.57. The first-order valence-electron chi connectivity index (χ1n) is 12.9. The van der Waals surface area contributed by atoms with Gasteiger partial charge in [0.25, 0.3) is 0 Å². The molecule has 1 heteroatoms. The molecule has 2 aromatic rings. The molecule has 2 aromatic carbocycles. The fraction of sp³-hybridized carbons (Fsp3) is 0.375. The van der Waals surface area contributed by atoms with Gasteiger partial charge in [-0.05, 0) is 70.6 Å². The van der Waals surface area contributed by atoms with E-state index in [0.717, 1.165) is 11.1 Å². The van der Waals surface area contributed by atoms with Gasteiger partial charge in [0.1, 0.15) is 0 Å². The average Bonchev–Trinajstić information content (AvgIpc) is 3.45. The van der Waals surface area contributed by atoms with Gasteiger partial charge in [0, 0.05) is 0 Å². The molecule has 168 valence electrons. The van der Waals surface area contributed by atoms with Crippen molar-refractivity contribution in [2.24, 2.45) is 23.7 Å². The van der Waals surface area contributed by atoms with E-state index in [9.17, 15) is 0 Å². The lowest BCUT2D eigenvalue weighted by Gasteiger charge is -2.45. The molecule has 0 aliphatic heterocycles. The summed E-state index contributed by atoms with van der Waals surface area (Å²) < 4.78 is 0. The van der Waals surface area contributed by atoms with Crippen LogP contribution in [0.5, 0.6) is 0 Å². The second-order valence-electron chi connectivity index (χ2n) is 11.4. The van der Waals surface area contributed by atoms with Crippen LogP contribution in [0, 0.1) is 23.7 Å². The fourth-order valence-corrected chi connectivity index (χ4v) is 13.6. The first-order valence-corrected chi connectivity index (χ1v) is 16.1. The van der Waals surface area contributed by atoms with Crippen LogP contribution in [0.3, 0.4) is 0 Å². The Kier molecular flexibility index (Phi) is 5.41. The van der Waals surface area contributed by atoms with Crippen molar-refractivity contribution in [1.82, 2.24) is 0 Å². The van der Waals surface area contributed by atoms with Crippen molar-refractivity contribution >= 4 is 8.07 Å². The quantitative estimate of drug-likeness (QED) is 0.411. The van der Waals surface area contributed by atoms with Crippen LogP contribution in [0.25, 0.3) is 0 Å². The van der Waals surface area contributed by atoms with Crippen LogP contribution in [0.2, 0.25) is 24.2 Å². The summed E-state index contributed by atoms with van der Waals surface area (Å²) in [5.74, 6) is 4.09. The number of allylic oxidation sites excluding steroid dienone is 8. The fourth-order valence-electron chi connectivity index (χ4n) is 8.20. The summed E-state index contributed by atoms with van der Waals surface area (Å²) in [5, 5.41) is 0. The van der Waals surface area contributed by atoms with E-state index in [1.807, 2.05) is 0 Å². The molecule has 0 saturated heterocycles. The SMILES string of the molecule is C[Si](C)(C1CC2C=CC=CC2C1c1ccccc1)C1C(c2ccccc2)CC2C=CC=CC21. The van der Waals surface area contributed by atoms with E-state index in [4.69, 9.17) is 0 Å². The van der Waals surface area contributed by atoms with Gasteiger partial charge in [0.2, 0.25) is 0 Å².